The number of rotatable bonds is 12. The first-order valence-corrected chi connectivity index (χ1v) is 14.8. The Morgan fingerprint density at radius 1 is 1.18 bits per heavy atom. The number of nitrogens with one attached hydrogen (secondary N) is 2. The summed E-state index contributed by atoms with van der Waals surface area (Å²) in [4.78, 5) is 16.0. The lowest BCUT2D eigenvalue weighted by Crippen LogP contribution is -2.17. The zero-order valence-electron chi connectivity index (χ0n) is 19.9. The zero-order valence-corrected chi connectivity index (χ0v) is 23.0. The van der Waals surface area contributed by atoms with Crippen LogP contribution in [0.15, 0.2) is 42.0 Å². The Morgan fingerprint density at radius 2 is 1.89 bits per heavy atom. The SMILES string of the molecule is CS(=O)(=O)Nc1ccsc1C(=O)O[C@@H](Cc1c(Cl)c[nH+]cc1Cl)c1ccc(OC(F)F)c(OCC2CC2)c1. The van der Waals surface area contributed by atoms with Crippen LogP contribution in [-0.4, -0.2) is 33.9 Å². The molecule has 1 saturated carbocycles. The largest absolute Gasteiger partial charge is 0.489 e. The Bertz CT molecular complexity index is 1400. The number of thiophene rings is 1. The highest BCUT2D eigenvalue weighted by atomic mass is 35.5. The molecule has 2 heterocycles. The van der Waals surface area contributed by atoms with Crippen LogP contribution in [-0.2, 0) is 21.2 Å². The number of pyridine rings is 1. The molecule has 1 aliphatic carbocycles. The van der Waals surface area contributed by atoms with E-state index in [9.17, 15) is 22.0 Å². The van der Waals surface area contributed by atoms with Crippen LogP contribution < -0.4 is 19.2 Å². The van der Waals surface area contributed by atoms with Crippen molar-refractivity contribution in [2.45, 2.75) is 32.0 Å². The summed E-state index contributed by atoms with van der Waals surface area (Å²) in [7, 11) is -3.65. The van der Waals surface area contributed by atoms with Crippen molar-refractivity contribution in [1.82, 2.24) is 0 Å². The molecule has 3 aromatic rings. The van der Waals surface area contributed by atoms with Gasteiger partial charge in [-0.15, -0.1) is 11.3 Å². The maximum atomic E-state index is 13.2. The summed E-state index contributed by atoms with van der Waals surface area (Å²) >= 11 is 13.7. The molecule has 14 heteroatoms. The zero-order chi connectivity index (χ0) is 27.4. The van der Waals surface area contributed by atoms with E-state index in [1.54, 1.807) is 5.38 Å². The number of carbonyl (C=O) groups is 1. The van der Waals surface area contributed by atoms with Crippen molar-refractivity contribution in [3.63, 3.8) is 0 Å². The van der Waals surface area contributed by atoms with Gasteiger partial charge in [0.05, 0.1) is 18.6 Å². The quantitative estimate of drug-likeness (QED) is 0.262. The number of aromatic amines is 1. The first kappa shape index (κ1) is 28.3. The fraction of sp³-hybridized carbons (Fsp3) is 0.333. The molecule has 2 N–H and O–H groups in total. The summed E-state index contributed by atoms with van der Waals surface area (Å²) in [6.45, 7) is -2.73. The lowest BCUT2D eigenvalue weighted by Gasteiger charge is -2.21. The van der Waals surface area contributed by atoms with Crippen molar-refractivity contribution in [1.29, 1.82) is 0 Å². The molecule has 0 aliphatic heterocycles. The fourth-order valence-corrected chi connectivity index (χ4v) is 5.43. The van der Waals surface area contributed by atoms with Gasteiger partial charge in [-0.05, 0) is 47.9 Å². The molecule has 0 saturated heterocycles. The first-order valence-electron chi connectivity index (χ1n) is 11.3. The number of sulfonamides is 1. The monoisotopic (exact) mass is 607 g/mol. The Kier molecular flexibility index (Phi) is 8.96. The summed E-state index contributed by atoms with van der Waals surface area (Å²) in [6, 6.07) is 5.70. The van der Waals surface area contributed by atoms with Crippen LogP contribution in [0.4, 0.5) is 14.5 Å². The van der Waals surface area contributed by atoms with Crippen molar-refractivity contribution in [3.8, 4) is 11.5 Å². The summed E-state index contributed by atoms with van der Waals surface area (Å²) in [5.74, 6) is -0.550. The molecular weight excluding hydrogens is 585 g/mol. The van der Waals surface area contributed by atoms with Gasteiger partial charge in [-0.25, -0.2) is 18.2 Å². The van der Waals surface area contributed by atoms with E-state index < -0.39 is 28.7 Å². The summed E-state index contributed by atoms with van der Waals surface area (Å²) in [5.41, 5.74) is 0.944. The minimum atomic E-state index is -3.65. The van der Waals surface area contributed by atoms with E-state index in [0.29, 0.717) is 23.7 Å². The number of halogens is 4. The summed E-state index contributed by atoms with van der Waals surface area (Å²) < 4.78 is 68.0. The van der Waals surface area contributed by atoms with Gasteiger partial charge in [-0.1, -0.05) is 29.3 Å². The van der Waals surface area contributed by atoms with Crippen molar-refractivity contribution in [3.05, 3.63) is 68.1 Å². The second-order valence-corrected chi connectivity index (χ2v) is 12.1. The number of hydrogen-bond acceptors (Lipinski definition) is 7. The lowest BCUT2D eigenvalue weighted by molar-refractivity contribution is -0.377. The molecule has 38 heavy (non-hydrogen) atoms. The number of ether oxygens (including phenoxy) is 3. The molecule has 0 unspecified atom stereocenters. The topological polar surface area (TPSA) is 105 Å². The number of alkyl halides is 2. The van der Waals surface area contributed by atoms with E-state index in [1.165, 1.54) is 36.7 Å². The maximum absolute atomic E-state index is 13.2. The summed E-state index contributed by atoms with van der Waals surface area (Å²) in [6.07, 6.45) is 4.98. The standard InChI is InChI=1S/C24H22Cl2F2N2O6S2/c1-38(32,33)30-18-6-7-37-22(18)23(31)35-20(9-15-16(25)10-29-11-17(15)26)14-4-5-19(36-24(27)28)21(8-14)34-12-13-2-3-13/h4-8,10-11,13,20,24,30H,2-3,9,12H2,1H3/p+1/t20-/m0/s1. The number of H-pyrrole nitrogens is 1. The van der Waals surface area contributed by atoms with Crippen molar-refractivity contribution < 1.29 is 41.2 Å². The molecule has 0 spiro atoms. The van der Waals surface area contributed by atoms with E-state index in [4.69, 9.17) is 32.7 Å². The highest BCUT2D eigenvalue weighted by Crippen LogP contribution is 2.38. The molecular formula is C24H23Cl2F2N2O6S2+. The van der Waals surface area contributed by atoms with Gasteiger partial charge in [0.15, 0.2) is 23.9 Å². The fourth-order valence-electron chi connectivity index (χ4n) is 3.54. The molecule has 1 aromatic carbocycles. The molecule has 204 valence electrons. The molecule has 1 fully saturated rings. The normalized spacial score (nSPS) is 14.3. The minimum Gasteiger partial charge on any atom is -0.489 e. The van der Waals surface area contributed by atoms with Gasteiger partial charge in [-0.3, -0.25) is 4.72 Å². The third-order valence-corrected chi connectivity index (χ3v) is 7.67. The first-order chi connectivity index (χ1) is 18.0. The van der Waals surface area contributed by atoms with Gasteiger partial charge in [0.1, 0.15) is 21.0 Å². The van der Waals surface area contributed by atoms with Gasteiger partial charge in [0.25, 0.3) is 0 Å². The third-order valence-electron chi connectivity index (χ3n) is 5.51. The van der Waals surface area contributed by atoms with E-state index in [1.807, 2.05) is 0 Å². The number of esters is 1. The highest BCUT2D eigenvalue weighted by Gasteiger charge is 2.28. The van der Waals surface area contributed by atoms with E-state index >= 15 is 0 Å². The predicted octanol–water partition coefficient (Wildman–Crippen LogP) is 5.77. The van der Waals surface area contributed by atoms with Crippen LogP contribution in [0.3, 0.4) is 0 Å². The number of aromatic nitrogens is 1. The molecule has 0 bridgehead atoms. The van der Waals surface area contributed by atoms with Crippen LogP contribution >= 0.6 is 34.5 Å². The van der Waals surface area contributed by atoms with E-state index in [0.717, 1.165) is 30.4 Å². The third kappa shape index (κ3) is 7.68. The Morgan fingerprint density at radius 3 is 2.53 bits per heavy atom. The van der Waals surface area contributed by atoms with E-state index in [-0.39, 0.29) is 38.5 Å². The van der Waals surface area contributed by atoms with Crippen LogP contribution in [0.5, 0.6) is 11.5 Å². The number of benzene rings is 1. The molecule has 4 rings (SSSR count). The molecule has 8 nitrogen and oxygen atoms in total. The van der Waals surface area contributed by atoms with Crippen LogP contribution in [0, 0.1) is 5.92 Å². The van der Waals surface area contributed by atoms with Gasteiger partial charge in [0.2, 0.25) is 10.0 Å². The smallest absolute Gasteiger partial charge is 0.387 e. The molecule has 1 atom stereocenters. The van der Waals surface area contributed by atoms with Crippen LogP contribution in [0.1, 0.15) is 39.7 Å². The second-order valence-electron chi connectivity index (χ2n) is 8.60. The van der Waals surface area contributed by atoms with Gasteiger partial charge in [-0.2, -0.15) is 8.78 Å². The Balaban J connectivity index is 1.69. The number of hydrogen-bond donors (Lipinski definition) is 1. The maximum Gasteiger partial charge on any atom is 0.387 e. The molecule has 0 amide bonds. The van der Waals surface area contributed by atoms with Gasteiger partial charge >= 0.3 is 12.6 Å². The molecule has 1 aliphatic rings. The van der Waals surface area contributed by atoms with Crippen molar-refractivity contribution in [2.24, 2.45) is 5.92 Å². The van der Waals surface area contributed by atoms with Gasteiger partial charge < -0.3 is 14.2 Å². The Hall–Kier alpha value is -2.67. The second kappa shape index (κ2) is 12.0. The average molecular weight is 608 g/mol. The summed E-state index contributed by atoms with van der Waals surface area (Å²) in [5, 5.41) is 2.12. The van der Waals surface area contributed by atoms with Crippen molar-refractivity contribution >= 4 is 56.2 Å². The Labute approximate surface area is 231 Å². The number of carbonyl (C=O) groups excluding carboxylic acids is 1. The number of anilines is 1. The molecule has 2 aromatic heterocycles. The van der Waals surface area contributed by atoms with Crippen LogP contribution in [0.25, 0.3) is 0 Å². The van der Waals surface area contributed by atoms with Crippen molar-refractivity contribution in [2.75, 3.05) is 17.6 Å². The van der Waals surface area contributed by atoms with E-state index in [2.05, 4.69) is 14.4 Å². The van der Waals surface area contributed by atoms with Crippen LogP contribution in [0.2, 0.25) is 10.0 Å². The minimum absolute atomic E-state index is 0.0232. The average Bonchev–Trinajstić information content (AvgIpc) is 3.55. The lowest BCUT2D eigenvalue weighted by atomic mass is 10.0. The van der Waals surface area contributed by atoms with Gasteiger partial charge in [0, 0.05) is 12.0 Å². The predicted molar refractivity (Wildman–Crippen MR) is 139 cm³/mol. The molecule has 0 radical (unpaired) electrons. The highest BCUT2D eigenvalue weighted by molar-refractivity contribution is 7.92.